The second-order valence-electron chi connectivity index (χ2n) is 5.22. The van der Waals surface area contributed by atoms with E-state index < -0.39 is 36.1 Å². The second-order valence-corrected chi connectivity index (χ2v) is 5.41. The highest BCUT2D eigenvalue weighted by Gasteiger charge is 2.54. The molecule has 122 valence electrons. The highest BCUT2D eigenvalue weighted by atomic mass is 35.5. The first-order valence-corrected chi connectivity index (χ1v) is 7.02. The van der Waals surface area contributed by atoms with E-state index in [4.69, 9.17) is 27.8 Å². The van der Waals surface area contributed by atoms with Gasteiger partial charge < -0.3 is 31.0 Å². The molecule has 0 aromatic carbocycles. The van der Waals surface area contributed by atoms with Gasteiger partial charge in [-0.15, -0.1) is 0 Å². The molecule has 23 heavy (non-hydrogen) atoms. The summed E-state index contributed by atoms with van der Waals surface area (Å²) in [6.07, 6.45) is -1.76. The van der Waals surface area contributed by atoms with Crippen molar-refractivity contribution in [2.45, 2.75) is 24.0 Å². The van der Waals surface area contributed by atoms with Crippen LogP contribution in [0.25, 0.3) is 11.0 Å². The molecular formula is C13H14ClN5O4. The number of fused-ring (bicyclic) bond motifs is 1. The van der Waals surface area contributed by atoms with E-state index in [2.05, 4.69) is 21.3 Å². The van der Waals surface area contributed by atoms with Crippen molar-refractivity contribution >= 4 is 28.6 Å². The summed E-state index contributed by atoms with van der Waals surface area (Å²) in [7, 11) is 0. The van der Waals surface area contributed by atoms with Crippen molar-refractivity contribution in [3.8, 4) is 11.3 Å². The largest absolute Gasteiger partial charge is 0.394 e. The van der Waals surface area contributed by atoms with Gasteiger partial charge in [-0.25, -0.2) is 0 Å². The number of nitrogens with one attached hydrogen (secondary N) is 1. The van der Waals surface area contributed by atoms with Gasteiger partial charge in [0.1, 0.15) is 12.2 Å². The summed E-state index contributed by atoms with van der Waals surface area (Å²) < 4.78 is 7.04. The van der Waals surface area contributed by atoms with Crippen LogP contribution in [0.3, 0.4) is 0 Å². The van der Waals surface area contributed by atoms with Crippen LogP contribution in [-0.4, -0.2) is 49.1 Å². The summed E-state index contributed by atoms with van der Waals surface area (Å²) in [5, 5.41) is 22.0. The maximum Gasteiger partial charge on any atom is 0.261 e. The number of aromatic nitrogens is 3. The van der Waals surface area contributed by atoms with Gasteiger partial charge in [-0.05, 0) is 17.7 Å². The Kier molecular flexibility index (Phi) is 3.79. The first-order valence-electron chi connectivity index (χ1n) is 6.64. The number of aliphatic hydroxyl groups excluding tert-OH is 2. The number of nitrogen functional groups attached to an aromatic ring is 1. The number of hydrogen-bond donors (Lipinski definition) is 5. The molecule has 3 rings (SSSR count). The minimum Gasteiger partial charge on any atom is -0.394 e. The molecule has 0 radical (unpaired) electrons. The average molecular weight is 340 g/mol. The molecule has 0 spiro atoms. The molecule has 7 N–H and O–H groups in total. The Morgan fingerprint density at radius 1 is 1.61 bits per heavy atom. The van der Waals surface area contributed by atoms with Crippen molar-refractivity contribution in [3.05, 3.63) is 22.6 Å². The molecule has 0 amide bonds. The summed E-state index contributed by atoms with van der Waals surface area (Å²) >= 11 is 5.45. The SMILES string of the molecule is Nc1nc2c(ccn2[C@@H]2O[C@H](CO)C(O)[C@]2(N)C#CCl)c(=O)[nH]1. The van der Waals surface area contributed by atoms with E-state index in [-0.39, 0.29) is 17.0 Å². The molecule has 1 unspecified atom stereocenters. The highest BCUT2D eigenvalue weighted by molar-refractivity contribution is 6.30. The fourth-order valence-electron chi connectivity index (χ4n) is 2.71. The predicted molar refractivity (Wildman–Crippen MR) is 82.3 cm³/mol. The normalized spacial score (nSPS) is 30.3. The first kappa shape index (κ1) is 15.8. The second kappa shape index (κ2) is 5.52. The van der Waals surface area contributed by atoms with Crippen molar-refractivity contribution in [2.24, 2.45) is 5.73 Å². The zero-order chi connectivity index (χ0) is 16.8. The van der Waals surface area contributed by atoms with Gasteiger partial charge in [0.25, 0.3) is 5.56 Å². The van der Waals surface area contributed by atoms with E-state index in [1.54, 1.807) is 0 Å². The lowest BCUT2D eigenvalue weighted by Gasteiger charge is -2.27. The van der Waals surface area contributed by atoms with E-state index >= 15 is 0 Å². The molecule has 3 heterocycles. The van der Waals surface area contributed by atoms with Crippen LogP contribution in [0.5, 0.6) is 0 Å². The molecule has 1 aliphatic rings. The number of halogens is 1. The smallest absolute Gasteiger partial charge is 0.261 e. The van der Waals surface area contributed by atoms with Crippen LogP contribution in [0.1, 0.15) is 6.23 Å². The average Bonchev–Trinajstić information content (AvgIpc) is 3.01. The summed E-state index contributed by atoms with van der Waals surface area (Å²) in [5.41, 5.74) is 9.94. The number of rotatable bonds is 2. The van der Waals surface area contributed by atoms with Crippen LogP contribution in [0.15, 0.2) is 17.1 Å². The van der Waals surface area contributed by atoms with E-state index in [0.717, 1.165) is 0 Å². The lowest BCUT2D eigenvalue weighted by Crippen LogP contribution is -2.53. The van der Waals surface area contributed by atoms with Gasteiger partial charge in [-0.1, -0.05) is 5.92 Å². The molecule has 10 heteroatoms. The summed E-state index contributed by atoms with van der Waals surface area (Å²) in [6, 6.07) is 1.51. The Bertz CT molecular complexity index is 869. The predicted octanol–water partition coefficient (Wildman–Crippen LogP) is -1.55. The van der Waals surface area contributed by atoms with Crippen LogP contribution in [-0.2, 0) is 4.74 Å². The number of anilines is 1. The Morgan fingerprint density at radius 3 is 3.00 bits per heavy atom. The maximum atomic E-state index is 11.9. The van der Waals surface area contributed by atoms with E-state index in [9.17, 15) is 15.0 Å². The molecule has 0 saturated carbocycles. The molecule has 4 atom stereocenters. The third kappa shape index (κ3) is 2.28. The Hall–Kier alpha value is -2.09. The van der Waals surface area contributed by atoms with Crippen LogP contribution < -0.4 is 17.0 Å². The molecule has 0 aliphatic carbocycles. The third-order valence-corrected chi connectivity index (χ3v) is 3.94. The van der Waals surface area contributed by atoms with Gasteiger partial charge in [-0.3, -0.25) is 9.78 Å². The van der Waals surface area contributed by atoms with Gasteiger partial charge in [0.2, 0.25) is 5.95 Å². The fraction of sp³-hybridized carbons (Fsp3) is 0.385. The van der Waals surface area contributed by atoms with Crippen molar-refractivity contribution in [1.29, 1.82) is 0 Å². The molecule has 1 aliphatic heterocycles. The minimum absolute atomic E-state index is 0.0780. The molecule has 1 fully saturated rings. The van der Waals surface area contributed by atoms with Crippen molar-refractivity contribution in [1.82, 2.24) is 14.5 Å². The summed E-state index contributed by atoms with van der Waals surface area (Å²) in [6.45, 7) is -0.462. The minimum atomic E-state index is -1.60. The van der Waals surface area contributed by atoms with Gasteiger partial charge in [0, 0.05) is 11.6 Å². The van der Waals surface area contributed by atoms with Gasteiger partial charge in [0.05, 0.1) is 12.0 Å². The zero-order valence-corrected chi connectivity index (χ0v) is 12.5. The highest BCUT2D eigenvalue weighted by Crippen LogP contribution is 2.37. The zero-order valence-electron chi connectivity index (χ0n) is 11.7. The lowest BCUT2D eigenvalue weighted by molar-refractivity contribution is -0.0445. The number of ether oxygens (including phenoxy) is 1. The molecular weight excluding hydrogens is 326 g/mol. The number of H-pyrrole nitrogens is 1. The van der Waals surface area contributed by atoms with E-state index in [1.807, 2.05) is 0 Å². The number of aromatic amines is 1. The Labute approximate surface area is 134 Å². The van der Waals surface area contributed by atoms with Crippen molar-refractivity contribution < 1.29 is 14.9 Å². The molecule has 2 aromatic rings. The monoisotopic (exact) mass is 339 g/mol. The maximum absolute atomic E-state index is 11.9. The van der Waals surface area contributed by atoms with Crippen LogP contribution in [0, 0.1) is 11.3 Å². The third-order valence-electron chi connectivity index (χ3n) is 3.85. The number of nitrogens with two attached hydrogens (primary N) is 2. The van der Waals surface area contributed by atoms with Crippen LogP contribution >= 0.6 is 11.6 Å². The lowest BCUT2D eigenvalue weighted by atomic mass is 9.92. The molecule has 9 nitrogen and oxygen atoms in total. The van der Waals surface area contributed by atoms with E-state index in [0.29, 0.717) is 0 Å². The number of hydrogen-bond acceptors (Lipinski definition) is 7. The number of nitrogens with zero attached hydrogens (tertiary/aromatic N) is 2. The summed E-state index contributed by atoms with van der Waals surface area (Å²) in [5.74, 6) is 2.43. The molecule has 2 aromatic heterocycles. The van der Waals surface area contributed by atoms with Crippen LogP contribution in [0.2, 0.25) is 0 Å². The first-order chi connectivity index (χ1) is 10.9. The summed E-state index contributed by atoms with van der Waals surface area (Å²) in [4.78, 5) is 18.3. The molecule has 0 bridgehead atoms. The van der Waals surface area contributed by atoms with Gasteiger partial charge in [-0.2, -0.15) is 4.98 Å². The van der Waals surface area contributed by atoms with Crippen molar-refractivity contribution in [2.75, 3.05) is 12.3 Å². The fourth-order valence-corrected chi connectivity index (χ4v) is 2.88. The molecule has 1 saturated heterocycles. The Balaban J connectivity index is 2.20. The quantitative estimate of drug-likeness (QED) is 0.415. The van der Waals surface area contributed by atoms with Crippen LogP contribution in [0.4, 0.5) is 5.95 Å². The topological polar surface area (TPSA) is 152 Å². The number of aliphatic hydroxyl groups is 2. The van der Waals surface area contributed by atoms with Crippen molar-refractivity contribution in [3.63, 3.8) is 0 Å². The van der Waals surface area contributed by atoms with Gasteiger partial charge in [0.15, 0.2) is 17.4 Å². The van der Waals surface area contributed by atoms with E-state index in [1.165, 1.54) is 16.8 Å². The Morgan fingerprint density at radius 2 is 2.35 bits per heavy atom. The standard InChI is InChI=1S/C13H14ClN5O4/c14-3-2-13(16)8(21)7(5-20)23-11(13)19-4-1-6-9(19)17-12(15)18-10(6)22/h1,4,7-8,11,20-21H,5,16H2,(H3,15,17,18,22)/t7-,8?,11-,13-/m1/s1. The van der Waals surface area contributed by atoms with Gasteiger partial charge >= 0.3 is 0 Å².